The summed E-state index contributed by atoms with van der Waals surface area (Å²) in [6.45, 7) is 2.54. The van der Waals surface area contributed by atoms with Gasteiger partial charge in [-0.05, 0) is 43.0 Å². The second-order valence-electron chi connectivity index (χ2n) is 6.86. The van der Waals surface area contributed by atoms with Crippen molar-refractivity contribution < 1.29 is 18.7 Å². The highest BCUT2D eigenvalue weighted by Gasteiger charge is 2.18. The van der Waals surface area contributed by atoms with Crippen LogP contribution in [0.15, 0.2) is 41.1 Å². The Morgan fingerprint density at radius 2 is 2.10 bits per heavy atom. The van der Waals surface area contributed by atoms with Crippen molar-refractivity contribution in [1.29, 1.82) is 0 Å². The van der Waals surface area contributed by atoms with Crippen molar-refractivity contribution in [1.82, 2.24) is 15.1 Å². The number of nitrogens with zero attached hydrogens (tertiary/aromatic N) is 3. The van der Waals surface area contributed by atoms with Crippen molar-refractivity contribution in [2.75, 3.05) is 39.3 Å². The predicted octanol–water partition coefficient (Wildman–Crippen LogP) is 3.65. The molecule has 0 amide bonds. The summed E-state index contributed by atoms with van der Waals surface area (Å²) >= 11 is 0. The Morgan fingerprint density at radius 3 is 2.83 bits per heavy atom. The Morgan fingerprint density at radius 1 is 1.17 bits per heavy atom. The van der Waals surface area contributed by atoms with Crippen molar-refractivity contribution >= 4 is 5.82 Å². The van der Waals surface area contributed by atoms with Crippen LogP contribution in [0.4, 0.5) is 5.82 Å². The van der Waals surface area contributed by atoms with Gasteiger partial charge in [-0.25, -0.2) is 4.98 Å². The summed E-state index contributed by atoms with van der Waals surface area (Å²) in [5.74, 6) is 3.33. The van der Waals surface area contributed by atoms with E-state index in [1.54, 1.807) is 20.4 Å². The molecule has 1 aliphatic rings. The number of aromatic nitrogens is 3. The molecule has 1 aromatic carbocycles. The maximum absolute atomic E-state index is 5.51. The number of hydrogen-bond acceptors (Lipinski definition) is 8. The fourth-order valence-corrected chi connectivity index (χ4v) is 3.36. The third-order valence-corrected chi connectivity index (χ3v) is 4.91. The van der Waals surface area contributed by atoms with Crippen LogP contribution in [0.2, 0.25) is 0 Å². The number of ether oxygens (including phenoxy) is 3. The first-order valence-corrected chi connectivity index (χ1v) is 9.61. The quantitative estimate of drug-likeness (QED) is 0.647. The van der Waals surface area contributed by atoms with Crippen LogP contribution in [-0.4, -0.2) is 49.1 Å². The average Bonchev–Trinajstić information content (AvgIpc) is 3.28. The summed E-state index contributed by atoms with van der Waals surface area (Å²) < 4.78 is 21.7. The Kier molecular flexibility index (Phi) is 5.90. The number of rotatable bonds is 7. The minimum atomic E-state index is 0.393. The summed E-state index contributed by atoms with van der Waals surface area (Å²) in [5, 5.41) is 7.45. The third kappa shape index (κ3) is 4.32. The Hall–Kier alpha value is -3.13. The minimum absolute atomic E-state index is 0.393. The van der Waals surface area contributed by atoms with Gasteiger partial charge in [0.05, 0.1) is 32.0 Å². The lowest BCUT2D eigenvalue weighted by atomic mass is 10.0. The van der Waals surface area contributed by atoms with E-state index in [2.05, 4.69) is 20.4 Å². The van der Waals surface area contributed by atoms with Gasteiger partial charge >= 0.3 is 0 Å². The molecule has 1 fully saturated rings. The molecule has 4 rings (SSSR count). The lowest BCUT2D eigenvalue weighted by Gasteiger charge is -2.22. The lowest BCUT2D eigenvalue weighted by Crippen LogP contribution is -2.24. The van der Waals surface area contributed by atoms with E-state index in [1.165, 1.54) is 6.42 Å². The monoisotopic (exact) mass is 396 g/mol. The van der Waals surface area contributed by atoms with Gasteiger partial charge in [0.1, 0.15) is 5.82 Å². The highest BCUT2D eigenvalue weighted by Crippen LogP contribution is 2.37. The van der Waals surface area contributed by atoms with E-state index in [9.17, 15) is 0 Å². The molecule has 1 N–H and O–H groups in total. The molecule has 152 valence electrons. The molecule has 3 heterocycles. The molecule has 0 saturated carbocycles. The fraction of sp³-hybridized carbons (Fsp3) is 0.381. The van der Waals surface area contributed by atoms with Gasteiger partial charge in [-0.1, -0.05) is 11.2 Å². The average molecular weight is 396 g/mol. The van der Waals surface area contributed by atoms with E-state index < -0.39 is 0 Å². The van der Waals surface area contributed by atoms with Crippen molar-refractivity contribution in [2.24, 2.45) is 5.92 Å². The number of para-hydroxylation sites is 1. The Bertz CT molecular complexity index is 936. The zero-order valence-electron chi connectivity index (χ0n) is 16.6. The first-order chi connectivity index (χ1) is 14.3. The Labute approximate surface area is 169 Å². The van der Waals surface area contributed by atoms with E-state index >= 15 is 0 Å². The van der Waals surface area contributed by atoms with Crippen molar-refractivity contribution in [3.05, 3.63) is 36.5 Å². The van der Waals surface area contributed by atoms with Gasteiger partial charge in [0.15, 0.2) is 11.5 Å². The fourth-order valence-electron chi connectivity index (χ4n) is 3.36. The van der Waals surface area contributed by atoms with Crippen LogP contribution in [0.25, 0.3) is 22.8 Å². The standard InChI is InChI=1S/C21H24N4O4/c1-26-17-7-3-6-16(19(17)27-2)20-24-21(29-25-20)15-8-9-18(23-12-15)22-11-14-5-4-10-28-13-14/h3,6-9,12,14H,4-5,10-11,13H2,1-2H3,(H,22,23). The van der Waals surface area contributed by atoms with Gasteiger partial charge in [-0.15, -0.1) is 0 Å². The largest absolute Gasteiger partial charge is 0.493 e. The predicted molar refractivity (Wildman–Crippen MR) is 108 cm³/mol. The molecule has 0 aliphatic carbocycles. The van der Waals surface area contributed by atoms with Crippen LogP contribution >= 0.6 is 0 Å². The second-order valence-corrected chi connectivity index (χ2v) is 6.86. The topological polar surface area (TPSA) is 91.5 Å². The molecule has 1 unspecified atom stereocenters. The summed E-state index contributed by atoms with van der Waals surface area (Å²) in [6, 6.07) is 9.35. The SMILES string of the molecule is COc1cccc(-c2noc(-c3ccc(NCC4CCCOC4)nc3)n2)c1OC. The molecule has 8 heteroatoms. The maximum atomic E-state index is 5.51. The van der Waals surface area contributed by atoms with Gasteiger partial charge in [0.2, 0.25) is 5.82 Å². The summed E-state index contributed by atoms with van der Waals surface area (Å²) in [6.07, 6.45) is 4.03. The van der Waals surface area contributed by atoms with Gasteiger partial charge in [0.25, 0.3) is 5.89 Å². The third-order valence-electron chi connectivity index (χ3n) is 4.91. The first-order valence-electron chi connectivity index (χ1n) is 9.61. The molecule has 2 aromatic heterocycles. The number of benzene rings is 1. The molecule has 3 aromatic rings. The smallest absolute Gasteiger partial charge is 0.259 e. The molecule has 0 radical (unpaired) electrons. The summed E-state index contributed by atoms with van der Waals surface area (Å²) in [5.41, 5.74) is 1.44. The van der Waals surface area contributed by atoms with E-state index in [4.69, 9.17) is 18.7 Å². The molecule has 1 saturated heterocycles. The number of pyridine rings is 1. The molecule has 1 atom stereocenters. The normalized spacial score (nSPS) is 16.4. The molecular formula is C21H24N4O4. The number of hydrogen-bond donors (Lipinski definition) is 1. The highest BCUT2D eigenvalue weighted by molar-refractivity contribution is 5.69. The Balaban J connectivity index is 1.47. The van der Waals surface area contributed by atoms with Gasteiger partial charge < -0.3 is 24.1 Å². The van der Waals surface area contributed by atoms with E-state index in [1.807, 2.05) is 30.3 Å². The van der Waals surface area contributed by atoms with E-state index in [-0.39, 0.29) is 0 Å². The van der Waals surface area contributed by atoms with Crippen molar-refractivity contribution in [3.8, 4) is 34.3 Å². The van der Waals surface area contributed by atoms with Crippen LogP contribution in [0, 0.1) is 5.92 Å². The number of nitrogens with one attached hydrogen (secondary N) is 1. The van der Waals surface area contributed by atoms with Crippen molar-refractivity contribution in [3.63, 3.8) is 0 Å². The summed E-state index contributed by atoms with van der Waals surface area (Å²) in [4.78, 5) is 8.95. The van der Waals surface area contributed by atoms with Crippen LogP contribution in [0.1, 0.15) is 12.8 Å². The molecule has 0 spiro atoms. The summed E-state index contributed by atoms with van der Waals surface area (Å²) in [7, 11) is 3.17. The van der Waals surface area contributed by atoms with Crippen LogP contribution in [-0.2, 0) is 4.74 Å². The molecule has 8 nitrogen and oxygen atoms in total. The van der Waals surface area contributed by atoms with Gasteiger partial charge in [-0.2, -0.15) is 4.98 Å². The number of methoxy groups -OCH3 is 2. The van der Waals surface area contributed by atoms with Crippen LogP contribution in [0.5, 0.6) is 11.5 Å². The van der Waals surface area contributed by atoms with Crippen LogP contribution < -0.4 is 14.8 Å². The zero-order valence-corrected chi connectivity index (χ0v) is 16.6. The molecule has 1 aliphatic heterocycles. The molecule has 0 bridgehead atoms. The number of anilines is 1. The molecular weight excluding hydrogens is 372 g/mol. The van der Waals surface area contributed by atoms with E-state index in [0.717, 1.165) is 37.6 Å². The second kappa shape index (κ2) is 8.91. The first kappa shape index (κ1) is 19.2. The molecule has 29 heavy (non-hydrogen) atoms. The maximum Gasteiger partial charge on any atom is 0.259 e. The van der Waals surface area contributed by atoms with Gasteiger partial charge in [0, 0.05) is 19.3 Å². The highest BCUT2D eigenvalue weighted by atomic mass is 16.5. The van der Waals surface area contributed by atoms with Gasteiger partial charge in [-0.3, -0.25) is 0 Å². The van der Waals surface area contributed by atoms with Crippen LogP contribution in [0.3, 0.4) is 0 Å². The van der Waals surface area contributed by atoms with E-state index in [0.29, 0.717) is 34.7 Å². The minimum Gasteiger partial charge on any atom is -0.493 e. The lowest BCUT2D eigenvalue weighted by molar-refractivity contribution is 0.0595. The van der Waals surface area contributed by atoms with Crippen molar-refractivity contribution in [2.45, 2.75) is 12.8 Å². The zero-order chi connectivity index (χ0) is 20.1.